The molecule has 0 radical (unpaired) electrons. The van der Waals surface area contributed by atoms with Crippen LogP contribution in [0.5, 0.6) is 0 Å². The lowest BCUT2D eigenvalue weighted by Gasteiger charge is -2.11. The molecule has 0 amide bonds. The van der Waals surface area contributed by atoms with Crippen molar-refractivity contribution in [3.63, 3.8) is 0 Å². The van der Waals surface area contributed by atoms with Gasteiger partial charge in [-0.15, -0.1) is 11.3 Å². The van der Waals surface area contributed by atoms with E-state index >= 15 is 0 Å². The van der Waals surface area contributed by atoms with E-state index < -0.39 is 9.84 Å². The SMILES string of the molecule is Cc1nc(C)c(CNC(C)CS(C)(=O)=O)s1. The van der Waals surface area contributed by atoms with Crippen LogP contribution in [0.15, 0.2) is 0 Å². The molecule has 0 bridgehead atoms. The number of aryl methyl sites for hydroxylation is 2. The third-order valence-corrected chi connectivity index (χ3v) is 4.34. The van der Waals surface area contributed by atoms with Crippen molar-refractivity contribution in [2.75, 3.05) is 12.0 Å². The fraction of sp³-hybridized carbons (Fsp3) is 0.700. The van der Waals surface area contributed by atoms with Crippen LogP contribution < -0.4 is 5.32 Å². The maximum Gasteiger partial charge on any atom is 0.148 e. The zero-order valence-electron chi connectivity index (χ0n) is 10.1. The van der Waals surface area contributed by atoms with Gasteiger partial charge in [0.1, 0.15) is 9.84 Å². The molecule has 1 rings (SSSR count). The number of rotatable bonds is 5. The minimum atomic E-state index is -2.91. The van der Waals surface area contributed by atoms with Gasteiger partial charge in [-0.2, -0.15) is 0 Å². The van der Waals surface area contributed by atoms with Gasteiger partial charge in [-0.3, -0.25) is 0 Å². The van der Waals surface area contributed by atoms with Crippen LogP contribution in [0.1, 0.15) is 22.5 Å². The van der Waals surface area contributed by atoms with E-state index in [0.29, 0.717) is 6.54 Å². The van der Waals surface area contributed by atoms with Crippen LogP contribution in [-0.4, -0.2) is 31.5 Å². The first kappa shape index (κ1) is 13.6. The molecule has 1 atom stereocenters. The van der Waals surface area contributed by atoms with E-state index in [4.69, 9.17) is 0 Å². The molecule has 0 saturated heterocycles. The molecule has 1 heterocycles. The summed E-state index contributed by atoms with van der Waals surface area (Å²) in [5, 5.41) is 4.25. The summed E-state index contributed by atoms with van der Waals surface area (Å²) in [5.74, 6) is 0.170. The van der Waals surface area contributed by atoms with Crippen molar-refractivity contribution in [1.29, 1.82) is 0 Å². The van der Waals surface area contributed by atoms with E-state index in [-0.39, 0.29) is 11.8 Å². The van der Waals surface area contributed by atoms with Gasteiger partial charge >= 0.3 is 0 Å². The van der Waals surface area contributed by atoms with E-state index in [1.807, 2.05) is 20.8 Å². The van der Waals surface area contributed by atoms with Crippen molar-refractivity contribution in [2.45, 2.75) is 33.4 Å². The Hall–Kier alpha value is -0.460. The Bertz CT molecular complexity index is 451. The molecule has 92 valence electrons. The summed E-state index contributed by atoms with van der Waals surface area (Å²) in [7, 11) is -2.91. The van der Waals surface area contributed by atoms with Crippen LogP contribution in [0.25, 0.3) is 0 Å². The van der Waals surface area contributed by atoms with Crippen molar-refractivity contribution in [2.24, 2.45) is 0 Å². The second-order valence-corrected chi connectivity index (χ2v) is 7.59. The molecule has 6 heteroatoms. The quantitative estimate of drug-likeness (QED) is 0.868. The number of nitrogens with one attached hydrogen (secondary N) is 1. The minimum Gasteiger partial charge on any atom is -0.308 e. The highest BCUT2D eigenvalue weighted by Crippen LogP contribution is 2.16. The monoisotopic (exact) mass is 262 g/mol. The van der Waals surface area contributed by atoms with Gasteiger partial charge in [0, 0.05) is 23.7 Å². The highest BCUT2D eigenvalue weighted by atomic mass is 32.2. The molecule has 16 heavy (non-hydrogen) atoms. The Labute approximate surface area is 101 Å². The summed E-state index contributed by atoms with van der Waals surface area (Å²) in [4.78, 5) is 5.50. The maximum absolute atomic E-state index is 11.1. The van der Waals surface area contributed by atoms with Crippen molar-refractivity contribution in [1.82, 2.24) is 10.3 Å². The van der Waals surface area contributed by atoms with E-state index in [1.165, 1.54) is 11.1 Å². The largest absolute Gasteiger partial charge is 0.308 e. The van der Waals surface area contributed by atoms with Crippen molar-refractivity contribution >= 4 is 21.2 Å². The van der Waals surface area contributed by atoms with Gasteiger partial charge in [0.05, 0.1) is 16.5 Å². The van der Waals surface area contributed by atoms with Gasteiger partial charge in [-0.1, -0.05) is 0 Å². The zero-order valence-corrected chi connectivity index (χ0v) is 11.7. The molecule has 0 aliphatic heterocycles. The van der Waals surface area contributed by atoms with Gasteiger partial charge in [0.15, 0.2) is 0 Å². The molecule has 0 spiro atoms. The van der Waals surface area contributed by atoms with Gasteiger partial charge in [0.25, 0.3) is 0 Å². The highest BCUT2D eigenvalue weighted by molar-refractivity contribution is 7.90. The van der Waals surface area contributed by atoms with Crippen molar-refractivity contribution < 1.29 is 8.42 Å². The minimum absolute atomic E-state index is 0.0307. The summed E-state index contributed by atoms with van der Waals surface area (Å²) < 4.78 is 22.1. The van der Waals surface area contributed by atoms with Gasteiger partial charge in [-0.05, 0) is 20.8 Å². The molecular weight excluding hydrogens is 244 g/mol. The van der Waals surface area contributed by atoms with Crippen molar-refractivity contribution in [3.8, 4) is 0 Å². The van der Waals surface area contributed by atoms with E-state index in [2.05, 4.69) is 10.3 Å². The molecule has 1 aromatic heterocycles. The lowest BCUT2D eigenvalue weighted by atomic mass is 10.3. The second-order valence-electron chi connectivity index (χ2n) is 4.12. The number of thiazole rings is 1. The van der Waals surface area contributed by atoms with Crippen LogP contribution in [0.3, 0.4) is 0 Å². The van der Waals surface area contributed by atoms with Gasteiger partial charge < -0.3 is 5.32 Å². The summed E-state index contributed by atoms with van der Waals surface area (Å²) in [5.41, 5.74) is 1.03. The number of hydrogen-bond donors (Lipinski definition) is 1. The Morgan fingerprint density at radius 2 is 2.06 bits per heavy atom. The highest BCUT2D eigenvalue weighted by Gasteiger charge is 2.11. The molecule has 4 nitrogen and oxygen atoms in total. The number of nitrogens with zero attached hydrogens (tertiary/aromatic N) is 1. The van der Waals surface area contributed by atoms with Crippen LogP contribution in [0.2, 0.25) is 0 Å². The Morgan fingerprint density at radius 1 is 1.44 bits per heavy atom. The summed E-state index contributed by atoms with van der Waals surface area (Å²) in [6.45, 7) is 6.52. The molecule has 0 saturated carbocycles. The van der Waals surface area contributed by atoms with Crippen LogP contribution in [0.4, 0.5) is 0 Å². The van der Waals surface area contributed by atoms with E-state index in [0.717, 1.165) is 10.7 Å². The molecular formula is C10H18N2O2S2. The predicted molar refractivity (Wildman–Crippen MR) is 67.6 cm³/mol. The molecule has 0 aliphatic carbocycles. The zero-order chi connectivity index (χ0) is 12.3. The van der Waals surface area contributed by atoms with Crippen LogP contribution in [-0.2, 0) is 16.4 Å². The van der Waals surface area contributed by atoms with Crippen molar-refractivity contribution in [3.05, 3.63) is 15.6 Å². The molecule has 0 aromatic carbocycles. The molecule has 1 unspecified atom stereocenters. The number of hydrogen-bond acceptors (Lipinski definition) is 5. The lowest BCUT2D eigenvalue weighted by Crippen LogP contribution is -2.32. The van der Waals surface area contributed by atoms with E-state index in [1.54, 1.807) is 11.3 Å². The Kier molecular flexibility index (Phi) is 4.46. The number of aromatic nitrogens is 1. The molecule has 1 N–H and O–H groups in total. The number of sulfone groups is 1. The topological polar surface area (TPSA) is 59.1 Å². The fourth-order valence-corrected chi connectivity index (χ4v) is 3.43. The van der Waals surface area contributed by atoms with Gasteiger partial charge in [0.2, 0.25) is 0 Å². The van der Waals surface area contributed by atoms with Crippen LogP contribution in [0, 0.1) is 13.8 Å². The first-order valence-corrected chi connectivity index (χ1v) is 7.99. The van der Waals surface area contributed by atoms with Crippen LogP contribution >= 0.6 is 11.3 Å². The standard InChI is InChI=1S/C10H18N2O2S2/c1-7(6-16(4,13)14)11-5-10-8(2)12-9(3)15-10/h7,11H,5-6H2,1-4H3. The maximum atomic E-state index is 11.1. The third kappa shape index (κ3) is 4.59. The molecule has 0 fully saturated rings. The average Bonchev–Trinajstić information content (AvgIpc) is 2.38. The first-order valence-electron chi connectivity index (χ1n) is 5.12. The lowest BCUT2D eigenvalue weighted by molar-refractivity contribution is 0.561. The smallest absolute Gasteiger partial charge is 0.148 e. The third-order valence-electron chi connectivity index (χ3n) is 2.16. The Morgan fingerprint density at radius 3 is 2.50 bits per heavy atom. The summed E-state index contributed by atoms with van der Waals surface area (Å²) in [6.07, 6.45) is 1.26. The predicted octanol–water partition coefficient (Wildman–Crippen LogP) is 1.28. The average molecular weight is 262 g/mol. The summed E-state index contributed by atoms with van der Waals surface area (Å²) in [6, 6.07) is -0.0307. The first-order chi connectivity index (χ1) is 7.28. The van der Waals surface area contributed by atoms with E-state index in [9.17, 15) is 8.42 Å². The summed E-state index contributed by atoms with van der Waals surface area (Å²) >= 11 is 1.65. The molecule has 0 aliphatic rings. The fourth-order valence-electron chi connectivity index (χ4n) is 1.52. The second kappa shape index (κ2) is 5.25. The molecule has 1 aromatic rings. The Balaban J connectivity index is 2.49. The normalized spacial score (nSPS) is 14.0. The van der Waals surface area contributed by atoms with Gasteiger partial charge in [-0.25, -0.2) is 13.4 Å².